The highest BCUT2D eigenvalue weighted by molar-refractivity contribution is 5.97. The Morgan fingerprint density at radius 3 is 2.30 bits per heavy atom. The van der Waals surface area contributed by atoms with Gasteiger partial charge in [-0.05, 0) is 30.7 Å². The van der Waals surface area contributed by atoms with Gasteiger partial charge in [0.2, 0.25) is 0 Å². The summed E-state index contributed by atoms with van der Waals surface area (Å²) < 4.78 is 0. The number of urea groups is 1. The van der Waals surface area contributed by atoms with E-state index >= 15 is 0 Å². The zero-order valence-corrected chi connectivity index (χ0v) is 11.1. The fourth-order valence-corrected chi connectivity index (χ4v) is 1.63. The maximum absolute atomic E-state index is 11.9. The van der Waals surface area contributed by atoms with E-state index in [2.05, 4.69) is 10.6 Å². The van der Waals surface area contributed by atoms with Crippen LogP contribution in [0.3, 0.4) is 0 Å². The summed E-state index contributed by atoms with van der Waals surface area (Å²) in [6.45, 7) is 1.84. The molecule has 0 heterocycles. The van der Waals surface area contributed by atoms with Gasteiger partial charge in [-0.3, -0.25) is 4.79 Å². The first kappa shape index (κ1) is 15.5. The van der Waals surface area contributed by atoms with E-state index in [9.17, 15) is 14.4 Å². The van der Waals surface area contributed by atoms with Crippen molar-refractivity contribution >= 4 is 23.6 Å². The van der Waals surface area contributed by atoms with E-state index in [4.69, 9.17) is 10.8 Å². The Labute approximate surface area is 116 Å². The van der Waals surface area contributed by atoms with Crippen LogP contribution in [0.5, 0.6) is 0 Å². The van der Waals surface area contributed by atoms with Crippen LogP contribution in [0.15, 0.2) is 24.3 Å². The molecule has 0 unspecified atom stereocenters. The first-order chi connectivity index (χ1) is 9.43. The summed E-state index contributed by atoms with van der Waals surface area (Å²) in [5.41, 5.74) is 5.72. The van der Waals surface area contributed by atoms with Gasteiger partial charge >= 0.3 is 12.0 Å². The van der Waals surface area contributed by atoms with Gasteiger partial charge < -0.3 is 21.5 Å². The van der Waals surface area contributed by atoms with Gasteiger partial charge in [0, 0.05) is 11.3 Å². The molecule has 20 heavy (non-hydrogen) atoms. The number of nitrogens with one attached hydrogen (secondary N) is 2. The van der Waals surface area contributed by atoms with Gasteiger partial charge in [-0.15, -0.1) is 0 Å². The fourth-order valence-electron chi connectivity index (χ4n) is 1.63. The Hall–Kier alpha value is -2.57. The molecular formula is C13H17N3O4. The first-order valence-corrected chi connectivity index (χ1v) is 6.14. The van der Waals surface area contributed by atoms with Gasteiger partial charge in [0.1, 0.15) is 6.04 Å². The monoisotopic (exact) mass is 279 g/mol. The van der Waals surface area contributed by atoms with Crippen molar-refractivity contribution in [2.24, 2.45) is 5.73 Å². The lowest BCUT2D eigenvalue weighted by Crippen LogP contribution is -2.40. The van der Waals surface area contributed by atoms with Crippen molar-refractivity contribution in [3.8, 4) is 0 Å². The molecule has 0 radical (unpaired) electrons. The second kappa shape index (κ2) is 7.13. The molecule has 0 saturated heterocycles. The number of carbonyl (C=O) groups excluding carboxylic acids is 2. The van der Waals surface area contributed by atoms with Crippen molar-refractivity contribution in [1.29, 1.82) is 0 Å². The number of carbonyl (C=O) groups is 3. The third-order valence-corrected chi connectivity index (χ3v) is 2.60. The summed E-state index contributed by atoms with van der Waals surface area (Å²) >= 11 is 0. The molecule has 1 atom stereocenters. The van der Waals surface area contributed by atoms with Gasteiger partial charge in [0.15, 0.2) is 0 Å². The molecule has 3 amide bonds. The molecule has 0 bridgehead atoms. The minimum atomic E-state index is -1.06. The molecule has 0 aliphatic carbocycles. The molecule has 0 fully saturated rings. The van der Waals surface area contributed by atoms with Crippen LogP contribution in [0.25, 0.3) is 0 Å². The summed E-state index contributed by atoms with van der Waals surface area (Å²) in [6, 6.07) is 4.37. The third-order valence-electron chi connectivity index (χ3n) is 2.60. The molecule has 7 heteroatoms. The molecule has 1 aromatic rings. The molecule has 5 N–H and O–H groups in total. The Bertz CT molecular complexity index is 499. The standard InChI is InChI=1S/C13H17N3O4/c1-2-3-10(12(18)19)16-11(17)8-4-6-9(7-5-8)15-13(14)20/h4-7,10H,2-3H2,1H3,(H,16,17)(H,18,19)(H3,14,15,20)/t10-/m0/s1. The SMILES string of the molecule is CCC[C@H](NC(=O)c1ccc(NC(N)=O)cc1)C(=O)O. The lowest BCUT2D eigenvalue weighted by Gasteiger charge is -2.13. The van der Waals surface area contributed by atoms with Crippen LogP contribution < -0.4 is 16.4 Å². The number of amides is 3. The summed E-state index contributed by atoms with van der Waals surface area (Å²) in [5, 5.41) is 13.8. The maximum Gasteiger partial charge on any atom is 0.326 e. The zero-order chi connectivity index (χ0) is 15.1. The van der Waals surface area contributed by atoms with E-state index in [1.165, 1.54) is 24.3 Å². The first-order valence-electron chi connectivity index (χ1n) is 6.14. The Kier molecular flexibility index (Phi) is 5.52. The van der Waals surface area contributed by atoms with Crippen LogP contribution in [-0.4, -0.2) is 29.1 Å². The Morgan fingerprint density at radius 1 is 1.25 bits per heavy atom. The predicted octanol–water partition coefficient (Wildman–Crippen LogP) is 1.16. The molecule has 0 aliphatic heterocycles. The van der Waals surface area contributed by atoms with Crippen LogP contribution in [0.4, 0.5) is 10.5 Å². The van der Waals surface area contributed by atoms with Crippen molar-refractivity contribution < 1.29 is 19.5 Å². The van der Waals surface area contributed by atoms with Crippen LogP contribution in [0.1, 0.15) is 30.1 Å². The van der Waals surface area contributed by atoms with Crippen LogP contribution in [0, 0.1) is 0 Å². The average Bonchev–Trinajstić information content (AvgIpc) is 2.38. The predicted molar refractivity (Wildman–Crippen MR) is 73.4 cm³/mol. The molecule has 0 aromatic heterocycles. The van der Waals surface area contributed by atoms with Gasteiger partial charge in [-0.2, -0.15) is 0 Å². The number of carboxylic acid groups (broad SMARTS) is 1. The number of hydrogen-bond donors (Lipinski definition) is 4. The lowest BCUT2D eigenvalue weighted by atomic mass is 10.1. The van der Waals surface area contributed by atoms with Crippen LogP contribution >= 0.6 is 0 Å². The smallest absolute Gasteiger partial charge is 0.326 e. The molecule has 0 saturated carbocycles. The highest BCUT2D eigenvalue weighted by Crippen LogP contribution is 2.10. The molecule has 7 nitrogen and oxygen atoms in total. The summed E-state index contributed by atoms with van der Waals surface area (Å²) in [6.07, 6.45) is 1.01. The number of anilines is 1. The summed E-state index contributed by atoms with van der Waals surface area (Å²) in [5.74, 6) is -1.54. The number of primary amides is 1. The van der Waals surface area contributed by atoms with E-state index in [0.717, 1.165) is 0 Å². The maximum atomic E-state index is 11.9. The van der Waals surface area contributed by atoms with E-state index < -0.39 is 23.9 Å². The molecule has 0 spiro atoms. The minimum Gasteiger partial charge on any atom is -0.480 e. The summed E-state index contributed by atoms with van der Waals surface area (Å²) in [7, 11) is 0. The second-order valence-electron chi connectivity index (χ2n) is 4.22. The number of aliphatic carboxylic acids is 1. The van der Waals surface area contributed by atoms with Gasteiger partial charge in [0.05, 0.1) is 0 Å². The normalized spacial score (nSPS) is 11.4. The second-order valence-corrected chi connectivity index (χ2v) is 4.22. The van der Waals surface area contributed by atoms with Crippen molar-refractivity contribution in [1.82, 2.24) is 5.32 Å². The highest BCUT2D eigenvalue weighted by Gasteiger charge is 2.19. The topological polar surface area (TPSA) is 122 Å². The van der Waals surface area contributed by atoms with Crippen LogP contribution in [-0.2, 0) is 4.79 Å². The van der Waals surface area contributed by atoms with E-state index in [0.29, 0.717) is 24.1 Å². The fraction of sp³-hybridized carbons (Fsp3) is 0.308. The number of carboxylic acids is 1. The van der Waals surface area contributed by atoms with Crippen LogP contribution in [0.2, 0.25) is 0 Å². The molecular weight excluding hydrogens is 262 g/mol. The average molecular weight is 279 g/mol. The molecule has 1 rings (SSSR count). The highest BCUT2D eigenvalue weighted by atomic mass is 16.4. The van der Waals surface area contributed by atoms with Crippen molar-refractivity contribution in [2.45, 2.75) is 25.8 Å². The van der Waals surface area contributed by atoms with Gasteiger partial charge in [-0.1, -0.05) is 13.3 Å². The Morgan fingerprint density at radius 2 is 1.85 bits per heavy atom. The van der Waals surface area contributed by atoms with Gasteiger partial charge in [0.25, 0.3) is 5.91 Å². The van der Waals surface area contributed by atoms with E-state index in [-0.39, 0.29) is 0 Å². The number of nitrogens with two attached hydrogens (primary N) is 1. The van der Waals surface area contributed by atoms with E-state index in [1.54, 1.807) is 0 Å². The molecule has 1 aromatic carbocycles. The minimum absolute atomic E-state index is 0.308. The molecule has 108 valence electrons. The summed E-state index contributed by atoms with van der Waals surface area (Å²) in [4.78, 5) is 33.5. The van der Waals surface area contributed by atoms with Crippen molar-refractivity contribution in [3.63, 3.8) is 0 Å². The Balaban J connectivity index is 2.71. The van der Waals surface area contributed by atoms with E-state index in [1.807, 2.05) is 6.92 Å². The number of rotatable bonds is 6. The lowest BCUT2D eigenvalue weighted by molar-refractivity contribution is -0.139. The number of hydrogen-bond acceptors (Lipinski definition) is 3. The molecule has 0 aliphatic rings. The zero-order valence-electron chi connectivity index (χ0n) is 11.1. The third kappa shape index (κ3) is 4.60. The van der Waals surface area contributed by atoms with Crippen molar-refractivity contribution in [3.05, 3.63) is 29.8 Å². The largest absolute Gasteiger partial charge is 0.480 e. The quantitative estimate of drug-likeness (QED) is 0.624. The van der Waals surface area contributed by atoms with Gasteiger partial charge in [-0.25, -0.2) is 9.59 Å². The number of benzene rings is 1. The van der Waals surface area contributed by atoms with Crippen molar-refractivity contribution in [2.75, 3.05) is 5.32 Å².